The third-order valence-electron chi connectivity index (χ3n) is 7.97. The molecule has 0 N–H and O–H groups in total. The Bertz CT molecular complexity index is 1090. The minimum absolute atomic E-state index is 0.199. The van der Waals surface area contributed by atoms with Crippen LogP contribution in [0, 0.1) is 0 Å². The summed E-state index contributed by atoms with van der Waals surface area (Å²) in [5, 5.41) is 0. The highest BCUT2D eigenvalue weighted by Crippen LogP contribution is 2.40. The van der Waals surface area contributed by atoms with Crippen LogP contribution < -0.4 is 0 Å². The maximum Gasteiger partial charge on any atom is 0.410 e. The van der Waals surface area contributed by atoms with Gasteiger partial charge in [0.2, 0.25) is 0 Å². The second kappa shape index (κ2) is 12.8. The normalized spacial score (nSPS) is 17.6. The number of rotatable bonds is 5. The van der Waals surface area contributed by atoms with Gasteiger partial charge in [0.25, 0.3) is 0 Å². The van der Waals surface area contributed by atoms with Gasteiger partial charge in [0.05, 0.1) is 0 Å². The van der Waals surface area contributed by atoms with Gasteiger partial charge in [-0.05, 0) is 101 Å². The van der Waals surface area contributed by atoms with E-state index in [1.54, 1.807) is 7.11 Å². The molecular weight excluding hydrogens is 516 g/mol. The van der Waals surface area contributed by atoms with E-state index in [1.165, 1.54) is 22.3 Å². The number of piperidine rings is 2. The lowest BCUT2D eigenvalue weighted by molar-refractivity contribution is 0.0194. The van der Waals surface area contributed by atoms with Gasteiger partial charge in [-0.25, -0.2) is 9.59 Å². The van der Waals surface area contributed by atoms with E-state index in [2.05, 4.69) is 48.5 Å². The van der Waals surface area contributed by atoms with Crippen LogP contribution in [0.4, 0.5) is 9.59 Å². The van der Waals surface area contributed by atoms with Crippen LogP contribution in [0.25, 0.3) is 0 Å². The van der Waals surface area contributed by atoms with Crippen LogP contribution in [-0.2, 0) is 14.2 Å². The maximum absolute atomic E-state index is 12.6. The second-order valence-corrected chi connectivity index (χ2v) is 13.4. The van der Waals surface area contributed by atoms with Gasteiger partial charge in [-0.3, -0.25) is 0 Å². The minimum atomic E-state index is -0.494. The van der Waals surface area contributed by atoms with Crippen LogP contribution in [0.5, 0.6) is 0 Å². The fourth-order valence-corrected chi connectivity index (χ4v) is 6.06. The van der Waals surface area contributed by atoms with Gasteiger partial charge in [-0.2, -0.15) is 0 Å². The summed E-state index contributed by atoms with van der Waals surface area (Å²) >= 11 is 0. The molecule has 0 saturated carbocycles. The van der Waals surface area contributed by atoms with Crippen molar-refractivity contribution in [2.75, 3.05) is 33.3 Å². The first kappa shape index (κ1) is 30.9. The lowest BCUT2D eigenvalue weighted by atomic mass is 9.80. The van der Waals surface area contributed by atoms with Crippen LogP contribution >= 0.6 is 0 Å². The molecule has 4 rings (SSSR count). The quantitative estimate of drug-likeness (QED) is 0.373. The SMILES string of the molecule is COC(c1ccccc1C1CCN(C(=O)OC(C)(C)C)CC1)c1ccccc1C1CCN(C(=O)OC(C)(C)C)CC1. The molecule has 224 valence electrons. The van der Waals surface area contributed by atoms with E-state index in [9.17, 15) is 9.59 Å². The Morgan fingerprint density at radius 1 is 0.659 bits per heavy atom. The largest absolute Gasteiger partial charge is 0.444 e. The van der Waals surface area contributed by atoms with Gasteiger partial charge in [-0.15, -0.1) is 0 Å². The molecule has 0 aromatic heterocycles. The molecule has 2 saturated heterocycles. The second-order valence-electron chi connectivity index (χ2n) is 13.4. The molecule has 41 heavy (non-hydrogen) atoms. The Morgan fingerprint density at radius 3 is 1.32 bits per heavy atom. The number of methoxy groups -OCH3 is 1. The average molecular weight is 565 g/mol. The minimum Gasteiger partial charge on any atom is -0.444 e. The number of carbonyl (C=O) groups excluding carboxylic acids is 2. The highest BCUT2D eigenvalue weighted by atomic mass is 16.6. The molecule has 0 atom stereocenters. The number of hydrogen-bond donors (Lipinski definition) is 0. The predicted octanol–water partition coefficient (Wildman–Crippen LogP) is 7.65. The molecule has 0 aliphatic carbocycles. The first-order valence-corrected chi connectivity index (χ1v) is 15.0. The fraction of sp³-hybridized carbons (Fsp3) is 0.588. The summed E-state index contributed by atoms with van der Waals surface area (Å²) in [7, 11) is 1.79. The van der Waals surface area contributed by atoms with Crippen LogP contribution in [0.15, 0.2) is 48.5 Å². The van der Waals surface area contributed by atoms with E-state index in [4.69, 9.17) is 14.2 Å². The molecule has 2 aliphatic rings. The third-order valence-corrected chi connectivity index (χ3v) is 7.97. The van der Waals surface area contributed by atoms with Gasteiger partial charge < -0.3 is 24.0 Å². The van der Waals surface area contributed by atoms with E-state index in [1.807, 2.05) is 51.3 Å². The summed E-state index contributed by atoms with van der Waals surface area (Å²) in [5.74, 6) is 0.679. The molecule has 0 radical (unpaired) electrons. The summed E-state index contributed by atoms with van der Waals surface area (Å²) in [6.07, 6.45) is 2.88. The zero-order valence-corrected chi connectivity index (χ0v) is 25.9. The fourth-order valence-electron chi connectivity index (χ4n) is 6.06. The van der Waals surface area contributed by atoms with E-state index in [-0.39, 0.29) is 18.3 Å². The number of nitrogens with zero attached hydrogens (tertiary/aromatic N) is 2. The van der Waals surface area contributed by atoms with E-state index in [0.717, 1.165) is 25.7 Å². The molecule has 2 aliphatic heterocycles. The lowest BCUT2D eigenvalue weighted by Gasteiger charge is -2.36. The number of benzene rings is 2. The van der Waals surface area contributed by atoms with E-state index in [0.29, 0.717) is 38.0 Å². The molecule has 2 aromatic rings. The number of hydrogen-bond acceptors (Lipinski definition) is 5. The zero-order valence-electron chi connectivity index (χ0n) is 25.9. The highest BCUT2D eigenvalue weighted by molar-refractivity contribution is 5.68. The Kier molecular flexibility index (Phi) is 9.68. The topological polar surface area (TPSA) is 68.3 Å². The van der Waals surface area contributed by atoms with Crippen molar-refractivity contribution < 1.29 is 23.8 Å². The molecule has 2 fully saturated rings. The summed E-state index contributed by atoms with van der Waals surface area (Å²) in [6.45, 7) is 14.1. The summed E-state index contributed by atoms with van der Waals surface area (Å²) in [5.41, 5.74) is 3.96. The molecule has 0 spiro atoms. The van der Waals surface area contributed by atoms with Crippen LogP contribution in [0.1, 0.15) is 107 Å². The molecule has 2 aromatic carbocycles. The van der Waals surface area contributed by atoms with Crippen molar-refractivity contribution in [3.8, 4) is 0 Å². The third kappa shape index (κ3) is 8.03. The number of ether oxygens (including phenoxy) is 3. The number of carbonyl (C=O) groups is 2. The average Bonchev–Trinajstić information content (AvgIpc) is 2.92. The van der Waals surface area contributed by atoms with Gasteiger partial charge in [0, 0.05) is 33.3 Å². The maximum atomic E-state index is 12.6. The zero-order chi connectivity index (χ0) is 29.8. The van der Waals surface area contributed by atoms with Gasteiger partial charge >= 0.3 is 12.2 Å². The van der Waals surface area contributed by atoms with Crippen molar-refractivity contribution in [2.45, 2.75) is 96.4 Å². The first-order chi connectivity index (χ1) is 19.4. The monoisotopic (exact) mass is 564 g/mol. The Balaban J connectivity index is 1.50. The molecule has 0 unspecified atom stereocenters. The van der Waals surface area contributed by atoms with Crippen molar-refractivity contribution in [3.05, 3.63) is 70.8 Å². The van der Waals surface area contributed by atoms with Crippen molar-refractivity contribution in [3.63, 3.8) is 0 Å². The molecule has 2 amide bonds. The highest BCUT2D eigenvalue weighted by Gasteiger charge is 2.32. The Labute approximate surface area is 246 Å². The Morgan fingerprint density at radius 2 is 1.00 bits per heavy atom. The summed E-state index contributed by atoms with van der Waals surface area (Å²) in [6, 6.07) is 17.2. The molecule has 0 bridgehead atoms. The molecule has 7 heteroatoms. The van der Waals surface area contributed by atoms with Crippen LogP contribution in [-0.4, -0.2) is 66.5 Å². The van der Waals surface area contributed by atoms with Gasteiger partial charge in [0.1, 0.15) is 17.3 Å². The summed E-state index contributed by atoms with van der Waals surface area (Å²) in [4.78, 5) is 28.9. The van der Waals surface area contributed by atoms with Crippen LogP contribution in [0.3, 0.4) is 0 Å². The summed E-state index contributed by atoms with van der Waals surface area (Å²) < 4.78 is 17.5. The molecular formula is C34H48N2O5. The Hall–Kier alpha value is -3.06. The molecule has 2 heterocycles. The number of amides is 2. The standard InChI is InChI=1S/C34H48N2O5/c1-33(2,3)40-31(37)35-20-16-24(17-21-35)26-12-8-10-14-28(26)30(39-7)29-15-11-9-13-27(29)25-18-22-36(23-19-25)32(38)41-34(4,5)6/h8-15,24-25,30H,16-23H2,1-7H3. The van der Waals surface area contributed by atoms with Crippen LogP contribution in [0.2, 0.25) is 0 Å². The van der Waals surface area contributed by atoms with Crippen molar-refractivity contribution in [1.82, 2.24) is 9.80 Å². The van der Waals surface area contributed by atoms with Gasteiger partial charge in [-0.1, -0.05) is 48.5 Å². The predicted molar refractivity (Wildman–Crippen MR) is 161 cm³/mol. The number of likely N-dealkylation sites (tertiary alicyclic amines) is 2. The smallest absolute Gasteiger partial charge is 0.410 e. The van der Waals surface area contributed by atoms with Gasteiger partial charge in [0.15, 0.2) is 0 Å². The first-order valence-electron chi connectivity index (χ1n) is 15.0. The van der Waals surface area contributed by atoms with Crippen molar-refractivity contribution in [2.24, 2.45) is 0 Å². The van der Waals surface area contributed by atoms with Crippen molar-refractivity contribution in [1.29, 1.82) is 0 Å². The van der Waals surface area contributed by atoms with Crippen molar-refractivity contribution >= 4 is 12.2 Å². The van der Waals surface area contributed by atoms with E-state index >= 15 is 0 Å². The lowest BCUT2D eigenvalue weighted by Crippen LogP contribution is -2.41. The van der Waals surface area contributed by atoms with E-state index < -0.39 is 11.2 Å². The molecule has 7 nitrogen and oxygen atoms in total.